The molecule has 2 rings (SSSR count). The average molecular weight is 409 g/mol. The highest BCUT2D eigenvalue weighted by Gasteiger charge is 2.13. The van der Waals surface area contributed by atoms with Gasteiger partial charge in [0.15, 0.2) is 6.54 Å². The summed E-state index contributed by atoms with van der Waals surface area (Å²) in [6.07, 6.45) is 0.825. The molecular formula is C20H24Cl2N3O2+. The van der Waals surface area contributed by atoms with Crippen LogP contribution in [-0.4, -0.2) is 32.0 Å². The number of carbonyl (C=O) groups is 2. The monoisotopic (exact) mass is 408 g/mol. The van der Waals surface area contributed by atoms with Gasteiger partial charge in [0.25, 0.3) is 5.91 Å². The number of aryl methyl sites for hydroxylation is 1. The number of rotatable bonds is 8. The van der Waals surface area contributed by atoms with Crippen LogP contribution in [0.15, 0.2) is 42.5 Å². The van der Waals surface area contributed by atoms with E-state index in [0.29, 0.717) is 16.6 Å². The number of likely N-dealkylation sites (N-methyl/N-ethyl adjacent to an activating group) is 1. The summed E-state index contributed by atoms with van der Waals surface area (Å²) in [7, 11) is 1.90. The van der Waals surface area contributed by atoms with E-state index in [-0.39, 0.29) is 24.9 Å². The number of para-hydroxylation sites is 1. The van der Waals surface area contributed by atoms with Crippen molar-refractivity contribution in [3.63, 3.8) is 0 Å². The van der Waals surface area contributed by atoms with Gasteiger partial charge in [-0.05, 0) is 30.2 Å². The van der Waals surface area contributed by atoms with Gasteiger partial charge in [0.2, 0.25) is 5.91 Å². The minimum absolute atomic E-state index is 0.0586. The van der Waals surface area contributed by atoms with E-state index in [9.17, 15) is 9.59 Å². The van der Waals surface area contributed by atoms with E-state index >= 15 is 0 Å². The number of halogens is 2. The average Bonchev–Trinajstić information content (AvgIpc) is 2.63. The second kappa shape index (κ2) is 10.3. The summed E-state index contributed by atoms with van der Waals surface area (Å²) in [4.78, 5) is 25.1. The van der Waals surface area contributed by atoms with Crippen molar-refractivity contribution < 1.29 is 14.5 Å². The first-order valence-electron chi connectivity index (χ1n) is 8.78. The largest absolute Gasteiger partial charge is 0.342 e. The maximum absolute atomic E-state index is 12.1. The van der Waals surface area contributed by atoms with Gasteiger partial charge in [0.05, 0.1) is 23.6 Å². The van der Waals surface area contributed by atoms with Crippen molar-refractivity contribution in [2.24, 2.45) is 0 Å². The Labute approximate surface area is 169 Å². The first kappa shape index (κ1) is 21.2. The maximum atomic E-state index is 12.1. The number of anilines is 1. The molecule has 0 heterocycles. The molecule has 1 atom stereocenters. The van der Waals surface area contributed by atoms with Crippen LogP contribution in [0.25, 0.3) is 0 Å². The van der Waals surface area contributed by atoms with Gasteiger partial charge in [0.1, 0.15) is 6.54 Å². The normalized spacial score (nSPS) is 11.7. The van der Waals surface area contributed by atoms with Crippen molar-refractivity contribution in [3.05, 3.63) is 63.6 Å². The Hall–Kier alpha value is -2.08. The molecule has 0 bridgehead atoms. The molecule has 0 fully saturated rings. The minimum Gasteiger partial charge on any atom is -0.342 e. The summed E-state index contributed by atoms with van der Waals surface area (Å²) >= 11 is 11.9. The number of amides is 2. The fourth-order valence-electron chi connectivity index (χ4n) is 2.72. The number of hydrogen-bond acceptors (Lipinski definition) is 2. The predicted octanol–water partition coefficient (Wildman–Crippen LogP) is 2.33. The van der Waals surface area contributed by atoms with Crippen molar-refractivity contribution >= 4 is 40.7 Å². The Morgan fingerprint density at radius 2 is 1.78 bits per heavy atom. The number of benzene rings is 2. The van der Waals surface area contributed by atoms with Crippen molar-refractivity contribution in [2.75, 3.05) is 25.5 Å². The highest BCUT2D eigenvalue weighted by Crippen LogP contribution is 2.22. The molecule has 27 heavy (non-hydrogen) atoms. The van der Waals surface area contributed by atoms with E-state index in [1.165, 1.54) is 0 Å². The van der Waals surface area contributed by atoms with E-state index in [4.69, 9.17) is 23.2 Å². The quantitative estimate of drug-likeness (QED) is 0.627. The fraction of sp³-hybridized carbons (Fsp3) is 0.300. The Bertz CT molecular complexity index is 812. The Kier molecular flexibility index (Phi) is 8.10. The molecule has 1 unspecified atom stereocenters. The number of nitrogens with one attached hydrogen (secondary N) is 3. The lowest BCUT2D eigenvalue weighted by atomic mass is 10.1. The Morgan fingerprint density at radius 1 is 1.04 bits per heavy atom. The van der Waals surface area contributed by atoms with E-state index in [2.05, 4.69) is 10.6 Å². The topological polar surface area (TPSA) is 62.6 Å². The van der Waals surface area contributed by atoms with Crippen molar-refractivity contribution in [1.29, 1.82) is 0 Å². The van der Waals surface area contributed by atoms with Gasteiger partial charge in [-0.3, -0.25) is 9.59 Å². The molecule has 0 saturated carbocycles. The standard InChI is InChI=1S/C20H23Cl2N3O2/c1-3-15-6-4-5-7-18(15)24-19(26)11-23-20(27)13-25(2)12-14-8-9-16(21)17(22)10-14/h4-10H,3,11-13H2,1-2H3,(H,23,27)(H,24,26)/p+1. The van der Waals surface area contributed by atoms with Gasteiger partial charge in [-0.25, -0.2) is 0 Å². The Balaban J connectivity index is 1.77. The molecule has 0 aliphatic heterocycles. The minimum atomic E-state index is -0.244. The molecule has 2 amide bonds. The first-order chi connectivity index (χ1) is 12.9. The molecule has 0 aliphatic rings. The second-order valence-corrected chi connectivity index (χ2v) is 7.21. The van der Waals surface area contributed by atoms with Gasteiger partial charge < -0.3 is 15.5 Å². The van der Waals surface area contributed by atoms with Crippen molar-refractivity contribution in [2.45, 2.75) is 19.9 Å². The second-order valence-electron chi connectivity index (χ2n) is 6.39. The maximum Gasteiger partial charge on any atom is 0.275 e. The van der Waals surface area contributed by atoms with Crippen LogP contribution in [-0.2, 0) is 22.6 Å². The summed E-state index contributed by atoms with van der Waals surface area (Å²) < 4.78 is 0. The molecule has 0 aromatic heterocycles. The lowest BCUT2D eigenvalue weighted by molar-refractivity contribution is -0.885. The zero-order valence-corrected chi connectivity index (χ0v) is 17.0. The molecule has 144 valence electrons. The predicted molar refractivity (Wildman–Crippen MR) is 109 cm³/mol. The first-order valence-corrected chi connectivity index (χ1v) is 9.54. The van der Waals surface area contributed by atoms with Crippen LogP contribution in [0.3, 0.4) is 0 Å². The third-order valence-corrected chi connectivity index (χ3v) is 4.81. The summed E-state index contributed by atoms with van der Waals surface area (Å²) in [5.41, 5.74) is 2.83. The van der Waals surface area contributed by atoms with Gasteiger partial charge in [-0.1, -0.05) is 54.4 Å². The summed E-state index contributed by atoms with van der Waals surface area (Å²) in [5, 5.41) is 6.49. The van der Waals surface area contributed by atoms with Crippen LogP contribution in [0.2, 0.25) is 10.0 Å². The van der Waals surface area contributed by atoms with Gasteiger partial charge >= 0.3 is 0 Å². The molecule has 5 nitrogen and oxygen atoms in total. The number of hydrogen-bond donors (Lipinski definition) is 3. The number of quaternary nitrogens is 1. The molecule has 7 heteroatoms. The molecule has 2 aromatic rings. The van der Waals surface area contributed by atoms with E-state index in [1.54, 1.807) is 12.1 Å². The van der Waals surface area contributed by atoms with Crippen LogP contribution in [0.5, 0.6) is 0 Å². The van der Waals surface area contributed by atoms with Crippen LogP contribution in [0.4, 0.5) is 5.69 Å². The lowest BCUT2D eigenvalue weighted by Gasteiger charge is -2.14. The van der Waals surface area contributed by atoms with Gasteiger partial charge in [-0.2, -0.15) is 0 Å². The van der Waals surface area contributed by atoms with Crippen LogP contribution in [0.1, 0.15) is 18.1 Å². The zero-order valence-electron chi connectivity index (χ0n) is 15.4. The number of carbonyl (C=O) groups excluding carboxylic acids is 2. The van der Waals surface area contributed by atoms with E-state index in [0.717, 1.165) is 28.1 Å². The highest BCUT2D eigenvalue weighted by molar-refractivity contribution is 6.42. The Morgan fingerprint density at radius 3 is 2.48 bits per heavy atom. The fourth-order valence-corrected chi connectivity index (χ4v) is 3.04. The molecule has 2 aromatic carbocycles. The van der Waals surface area contributed by atoms with Crippen LogP contribution in [0, 0.1) is 0 Å². The third kappa shape index (κ3) is 6.86. The molecule has 0 spiro atoms. The van der Waals surface area contributed by atoms with E-state index < -0.39 is 0 Å². The van der Waals surface area contributed by atoms with Gasteiger partial charge in [-0.15, -0.1) is 0 Å². The summed E-state index contributed by atoms with van der Waals surface area (Å²) in [6.45, 7) is 2.84. The molecule has 0 radical (unpaired) electrons. The molecular weight excluding hydrogens is 385 g/mol. The summed E-state index contributed by atoms with van der Waals surface area (Å²) in [5.74, 6) is -0.433. The lowest BCUT2D eigenvalue weighted by Crippen LogP contribution is -3.08. The smallest absolute Gasteiger partial charge is 0.275 e. The van der Waals surface area contributed by atoms with Crippen LogP contribution >= 0.6 is 23.2 Å². The summed E-state index contributed by atoms with van der Waals surface area (Å²) in [6, 6.07) is 13.0. The third-order valence-electron chi connectivity index (χ3n) is 4.07. The van der Waals surface area contributed by atoms with Crippen LogP contribution < -0.4 is 15.5 Å². The van der Waals surface area contributed by atoms with Gasteiger partial charge in [0, 0.05) is 11.3 Å². The van der Waals surface area contributed by atoms with Crippen molar-refractivity contribution in [3.8, 4) is 0 Å². The zero-order chi connectivity index (χ0) is 19.8. The SMILES string of the molecule is CCc1ccccc1NC(=O)CNC(=O)C[NH+](C)Cc1ccc(Cl)c(Cl)c1. The van der Waals surface area contributed by atoms with E-state index in [1.807, 2.05) is 44.3 Å². The highest BCUT2D eigenvalue weighted by atomic mass is 35.5. The molecule has 3 N–H and O–H groups in total. The molecule has 0 aliphatic carbocycles. The van der Waals surface area contributed by atoms with Crippen molar-refractivity contribution in [1.82, 2.24) is 5.32 Å². The molecule has 0 saturated heterocycles.